The molecule has 5 heteroatoms. The lowest BCUT2D eigenvalue weighted by Gasteiger charge is -2.30. The van der Waals surface area contributed by atoms with Crippen LogP contribution < -0.4 is 5.73 Å². The summed E-state index contributed by atoms with van der Waals surface area (Å²) in [6.07, 6.45) is 3.57. The van der Waals surface area contributed by atoms with Crippen molar-refractivity contribution >= 4 is 15.9 Å². The van der Waals surface area contributed by atoms with Crippen LogP contribution in [0.5, 0.6) is 0 Å². The van der Waals surface area contributed by atoms with Crippen molar-refractivity contribution < 1.29 is 4.39 Å². The van der Waals surface area contributed by atoms with Crippen LogP contribution in [0.25, 0.3) is 0 Å². The van der Waals surface area contributed by atoms with Gasteiger partial charge in [-0.15, -0.1) is 0 Å². The maximum Gasteiger partial charge on any atom is 0.137 e. The molecule has 0 spiro atoms. The predicted octanol–water partition coefficient (Wildman–Crippen LogP) is 3.51. The average molecular weight is 352 g/mol. The molecule has 0 aliphatic rings. The number of hydrogen-bond donors (Lipinski definition) is 1. The second-order valence-corrected chi connectivity index (χ2v) is 5.70. The van der Waals surface area contributed by atoms with E-state index in [1.165, 1.54) is 11.6 Å². The highest BCUT2D eigenvalue weighted by Gasteiger charge is 2.19. The molecule has 2 N–H and O–H groups in total. The third kappa shape index (κ3) is 4.09. The Morgan fingerprint density at radius 3 is 2.57 bits per heavy atom. The van der Waals surface area contributed by atoms with Crippen LogP contribution in [0.1, 0.15) is 24.1 Å². The number of halogens is 2. The molecule has 1 aromatic carbocycles. The Hall–Kier alpha value is -1.30. The first-order valence-corrected chi connectivity index (χ1v) is 7.73. The van der Waals surface area contributed by atoms with Crippen LogP contribution in [0.15, 0.2) is 47.2 Å². The molecule has 0 radical (unpaired) electrons. The summed E-state index contributed by atoms with van der Waals surface area (Å²) in [5.74, 6) is -0.258. The number of nitrogens with zero attached hydrogens (tertiary/aromatic N) is 2. The van der Waals surface area contributed by atoms with Gasteiger partial charge in [0.05, 0.1) is 4.47 Å². The third-order valence-corrected chi connectivity index (χ3v) is 4.14. The van der Waals surface area contributed by atoms with Crippen LogP contribution in [0.4, 0.5) is 4.39 Å². The van der Waals surface area contributed by atoms with E-state index < -0.39 is 0 Å². The van der Waals surface area contributed by atoms with Crippen LogP contribution in [0, 0.1) is 5.82 Å². The molecule has 3 nitrogen and oxygen atoms in total. The average Bonchev–Trinajstić information content (AvgIpc) is 2.51. The second kappa shape index (κ2) is 7.64. The minimum absolute atomic E-state index is 0.0556. The van der Waals surface area contributed by atoms with Crippen molar-refractivity contribution in [2.45, 2.75) is 19.5 Å². The molecule has 0 aliphatic carbocycles. The van der Waals surface area contributed by atoms with Crippen molar-refractivity contribution in [3.63, 3.8) is 0 Å². The minimum Gasteiger partial charge on any atom is -0.329 e. The molecule has 1 unspecified atom stereocenters. The van der Waals surface area contributed by atoms with Crippen molar-refractivity contribution in [3.05, 3.63) is 64.1 Å². The summed E-state index contributed by atoms with van der Waals surface area (Å²) >= 11 is 3.24. The quantitative estimate of drug-likeness (QED) is 0.865. The number of rotatable bonds is 6. The van der Waals surface area contributed by atoms with E-state index in [9.17, 15) is 4.39 Å². The second-order valence-electron chi connectivity index (χ2n) is 4.84. The van der Waals surface area contributed by atoms with Crippen LogP contribution in [-0.4, -0.2) is 23.0 Å². The van der Waals surface area contributed by atoms with Gasteiger partial charge in [0.25, 0.3) is 0 Å². The van der Waals surface area contributed by atoms with Crippen molar-refractivity contribution in [1.82, 2.24) is 9.88 Å². The molecular weight excluding hydrogens is 333 g/mol. The first kappa shape index (κ1) is 16.1. The zero-order chi connectivity index (χ0) is 15.2. The topological polar surface area (TPSA) is 42.2 Å². The minimum atomic E-state index is -0.258. The molecule has 1 atom stereocenters. The van der Waals surface area contributed by atoms with E-state index >= 15 is 0 Å². The van der Waals surface area contributed by atoms with Gasteiger partial charge in [-0.05, 0) is 57.9 Å². The summed E-state index contributed by atoms with van der Waals surface area (Å²) in [7, 11) is 0. The first-order valence-electron chi connectivity index (χ1n) is 6.93. The number of nitrogens with two attached hydrogens (primary N) is 1. The lowest BCUT2D eigenvalue weighted by Crippen LogP contribution is -2.33. The maximum absolute atomic E-state index is 13.4. The van der Waals surface area contributed by atoms with Gasteiger partial charge in [0.1, 0.15) is 5.82 Å². The molecule has 2 aromatic rings. The van der Waals surface area contributed by atoms with Crippen LogP contribution in [-0.2, 0) is 6.54 Å². The fourth-order valence-electron chi connectivity index (χ4n) is 2.38. The highest BCUT2D eigenvalue weighted by atomic mass is 79.9. The molecule has 0 fully saturated rings. The summed E-state index contributed by atoms with van der Waals surface area (Å²) in [5.41, 5.74) is 8.16. The van der Waals surface area contributed by atoms with Gasteiger partial charge in [-0.25, -0.2) is 4.39 Å². The van der Waals surface area contributed by atoms with Gasteiger partial charge in [-0.2, -0.15) is 0 Å². The fraction of sp³-hybridized carbons (Fsp3) is 0.312. The van der Waals surface area contributed by atoms with Crippen LogP contribution in [0.3, 0.4) is 0 Å². The molecule has 112 valence electrons. The molecule has 1 aromatic heterocycles. The van der Waals surface area contributed by atoms with Crippen LogP contribution >= 0.6 is 15.9 Å². The van der Waals surface area contributed by atoms with Gasteiger partial charge in [0, 0.05) is 31.5 Å². The van der Waals surface area contributed by atoms with E-state index in [-0.39, 0.29) is 11.9 Å². The maximum atomic E-state index is 13.4. The molecule has 0 bridgehead atoms. The highest BCUT2D eigenvalue weighted by molar-refractivity contribution is 9.10. The molecule has 2 rings (SSSR count). The first-order chi connectivity index (χ1) is 10.2. The number of aromatic nitrogens is 1. The predicted molar refractivity (Wildman–Crippen MR) is 86.2 cm³/mol. The molecule has 0 aliphatic heterocycles. The van der Waals surface area contributed by atoms with Gasteiger partial charge in [0.15, 0.2) is 0 Å². The molecule has 1 heterocycles. The smallest absolute Gasteiger partial charge is 0.137 e. The van der Waals surface area contributed by atoms with Crippen molar-refractivity contribution in [2.75, 3.05) is 13.1 Å². The number of pyridine rings is 1. The van der Waals surface area contributed by atoms with Gasteiger partial charge in [-0.1, -0.05) is 13.0 Å². The highest BCUT2D eigenvalue weighted by Crippen LogP contribution is 2.26. The van der Waals surface area contributed by atoms with E-state index in [0.717, 1.165) is 18.7 Å². The van der Waals surface area contributed by atoms with E-state index in [4.69, 9.17) is 5.73 Å². The Morgan fingerprint density at radius 2 is 2.00 bits per heavy atom. The number of likely N-dealkylation sites (N-methyl/N-ethyl adjacent to an activating group) is 1. The van der Waals surface area contributed by atoms with E-state index in [1.807, 2.05) is 18.2 Å². The molecule has 0 saturated heterocycles. The fourth-order valence-corrected chi connectivity index (χ4v) is 2.78. The lowest BCUT2D eigenvalue weighted by atomic mass is 10.0. The van der Waals surface area contributed by atoms with E-state index in [1.54, 1.807) is 18.5 Å². The normalized spacial score (nSPS) is 12.6. The summed E-state index contributed by atoms with van der Waals surface area (Å²) < 4.78 is 13.9. The third-order valence-electron chi connectivity index (χ3n) is 3.53. The van der Waals surface area contributed by atoms with Gasteiger partial charge in [-0.3, -0.25) is 9.88 Å². The Balaban J connectivity index is 2.22. The van der Waals surface area contributed by atoms with Crippen molar-refractivity contribution in [3.8, 4) is 0 Å². The Bertz CT molecular complexity index is 577. The Labute approximate surface area is 133 Å². The Kier molecular flexibility index (Phi) is 5.85. The molecule has 0 amide bonds. The van der Waals surface area contributed by atoms with Crippen molar-refractivity contribution in [2.24, 2.45) is 5.73 Å². The molecular formula is C16H19BrFN3. The van der Waals surface area contributed by atoms with Gasteiger partial charge < -0.3 is 5.73 Å². The number of hydrogen-bond acceptors (Lipinski definition) is 3. The zero-order valence-corrected chi connectivity index (χ0v) is 13.6. The summed E-state index contributed by atoms with van der Waals surface area (Å²) in [6.45, 7) is 4.23. The Morgan fingerprint density at radius 1 is 1.29 bits per heavy atom. The summed E-state index contributed by atoms with van der Waals surface area (Å²) in [4.78, 5) is 6.30. The van der Waals surface area contributed by atoms with E-state index in [0.29, 0.717) is 11.0 Å². The summed E-state index contributed by atoms with van der Waals surface area (Å²) in [6, 6.07) is 9.13. The number of benzene rings is 1. The van der Waals surface area contributed by atoms with Crippen LogP contribution in [0.2, 0.25) is 0 Å². The SMILES string of the molecule is CCN(Cc1ccncc1)C(CN)c1ccc(F)c(Br)c1. The van der Waals surface area contributed by atoms with Crippen molar-refractivity contribution in [1.29, 1.82) is 0 Å². The van der Waals surface area contributed by atoms with Gasteiger partial charge in [0.2, 0.25) is 0 Å². The summed E-state index contributed by atoms with van der Waals surface area (Å²) in [5, 5.41) is 0. The standard InChI is InChI=1S/C16H19BrFN3/c1-2-21(11-12-5-7-20-8-6-12)16(10-19)13-3-4-15(18)14(17)9-13/h3-9,16H,2,10-11,19H2,1H3. The lowest BCUT2D eigenvalue weighted by molar-refractivity contribution is 0.203. The monoisotopic (exact) mass is 351 g/mol. The van der Waals surface area contributed by atoms with Gasteiger partial charge >= 0.3 is 0 Å². The van der Waals surface area contributed by atoms with E-state index in [2.05, 4.69) is 32.7 Å². The zero-order valence-electron chi connectivity index (χ0n) is 12.0. The molecule has 21 heavy (non-hydrogen) atoms. The molecule has 0 saturated carbocycles. The largest absolute Gasteiger partial charge is 0.329 e.